The number of hydrazine groups is 1. The summed E-state index contributed by atoms with van der Waals surface area (Å²) in [5, 5.41) is 7.85. The van der Waals surface area contributed by atoms with E-state index in [1.165, 1.54) is 6.07 Å². The highest BCUT2D eigenvalue weighted by Gasteiger charge is 2.18. The highest BCUT2D eigenvalue weighted by atomic mass is 16.2. The SMILES string of the molecule is O=C(NCC1CCNN1)C(=O)Nc1cccc(C(=O)NCc2ccccn2)c1. The van der Waals surface area contributed by atoms with Crippen LogP contribution in [-0.4, -0.2) is 41.8 Å². The Morgan fingerprint density at radius 1 is 1.07 bits per heavy atom. The minimum atomic E-state index is -0.781. The zero-order valence-electron chi connectivity index (χ0n) is 15.2. The third-order valence-corrected chi connectivity index (χ3v) is 4.18. The van der Waals surface area contributed by atoms with Gasteiger partial charge >= 0.3 is 11.8 Å². The van der Waals surface area contributed by atoms with E-state index >= 15 is 0 Å². The van der Waals surface area contributed by atoms with E-state index in [9.17, 15) is 14.4 Å². The lowest BCUT2D eigenvalue weighted by Gasteiger charge is -2.11. The molecule has 0 aliphatic carbocycles. The lowest BCUT2D eigenvalue weighted by Crippen LogP contribution is -2.43. The molecule has 28 heavy (non-hydrogen) atoms. The highest BCUT2D eigenvalue weighted by Crippen LogP contribution is 2.11. The third-order valence-electron chi connectivity index (χ3n) is 4.18. The number of nitrogens with zero attached hydrogens (tertiary/aromatic N) is 1. The van der Waals surface area contributed by atoms with Crippen molar-refractivity contribution >= 4 is 23.4 Å². The molecule has 5 N–H and O–H groups in total. The number of carbonyl (C=O) groups is 3. The zero-order valence-corrected chi connectivity index (χ0v) is 15.2. The van der Waals surface area contributed by atoms with E-state index in [2.05, 4.69) is 31.8 Å². The first-order chi connectivity index (χ1) is 13.6. The smallest absolute Gasteiger partial charge is 0.313 e. The van der Waals surface area contributed by atoms with E-state index in [0.717, 1.165) is 18.7 Å². The van der Waals surface area contributed by atoms with Crippen molar-refractivity contribution in [2.24, 2.45) is 0 Å². The number of benzene rings is 1. The van der Waals surface area contributed by atoms with Crippen LogP contribution in [0.15, 0.2) is 48.7 Å². The van der Waals surface area contributed by atoms with Gasteiger partial charge in [0.15, 0.2) is 0 Å². The zero-order chi connectivity index (χ0) is 19.8. The fourth-order valence-electron chi connectivity index (χ4n) is 2.69. The topological polar surface area (TPSA) is 124 Å². The summed E-state index contributed by atoms with van der Waals surface area (Å²) in [5.74, 6) is -1.80. The van der Waals surface area contributed by atoms with Gasteiger partial charge in [0.2, 0.25) is 0 Å². The molecule has 2 aromatic rings. The lowest BCUT2D eigenvalue weighted by atomic mass is 10.2. The first kappa shape index (κ1) is 19.5. The summed E-state index contributed by atoms with van der Waals surface area (Å²) >= 11 is 0. The third kappa shape index (κ3) is 5.60. The van der Waals surface area contributed by atoms with Crippen molar-refractivity contribution < 1.29 is 14.4 Å². The quantitative estimate of drug-likeness (QED) is 0.446. The number of pyridine rings is 1. The maximum absolute atomic E-state index is 12.3. The molecular formula is C19H22N6O3. The second-order valence-corrected chi connectivity index (χ2v) is 6.31. The van der Waals surface area contributed by atoms with Crippen molar-refractivity contribution in [3.05, 3.63) is 59.9 Å². The molecule has 3 rings (SSSR count). The largest absolute Gasteiger partial charge is 0.346 e. The van der Waals surface area contributed by atoms with Gasteiger partial charge in [-0.1, -0.05) is 12.1 Å². The Bertz CT molecular complexity index is 837. The summed E-state index contributed by atoms with van der Waals surface area (Å²) < 4.78 is 0. The summed E-state index contributed by atoms with van der Waals surface area (Å²) in [5.41, 5.74) is 7.44. The molecule has 1 aromatic heterocycles. The molecule has 9 nitrogen and oxygen atoms in total. The second-order valence-electron chi connectivity index (χ2n) is 6.31. The molecule has 0 radical (unpaired) electrons. The Kier molecular flexibility index (Phi) is 6.66. The van der Waals surface area contributed by atoms with Gasteiger partial charge in [-0.2, -0.15) is 0 Å². The van der Waals surface area contributed by atoms with Gasteiger partial charge in [0, 0.05) is 36.6 Å². The molecule has 1 atom stereocenters. The maximum Gasteiger partial charge on any atom is 0.313 e. The molecule has 1 fully saturated rings. The first-order valence-electron chi connectivity index (χ1n) is 8.97. The molecule has 9 heteroatoms. The summed E-state index contributed by atoms with van der Waals surface area (Å²) in [6, 6.07) is 11.9. The standard InChI is InChI=1S/C19H22N6O3/c26-17(21-11-15-5-1-2-8-20-15)13-4-3-6-14(10-13)24-19(28)18(27)22-12-16-7-9-23-25-16/h1-6,8,10,16,23,25H,7,9,11-12H2,(H,21,26)(H,22,27)(H,24,28). The van der Waals surface area contributed by atoms with Crippen molar-refractivity contribution in [2.45, 2.75) is 19.0 Å². The van der Waals surface area contributed by atoms with Crippen LogP contribution in [0.3, 0.4) is 0 Å². The summed E-state index contributed by atoms with van der Waals surface area (Å²) in [6.45, 7) is 1.47. The van der Waals surface area contributed by atoms with Crippen LogP contribution in [0.2, 0.25) is 0 Å². The number of aromatic nitrogens is 1. The molecule has 0 spiro atoms. The van der Waals surface area contributed by atoms with E-state index in [4.69, 9.17) is 0 Å². The van der Waals surface area contributed by atoms with Gasteiger partial charge in [-0.05, 0) is 36.8 Å². The average molecular weight is 382 g/mol. The molecule has 1 saturated heterocycles. The normalized spacial score (nSPS) is 15.6. The Labute approximate surface area is 162 Å². The molecular weight excluding hydrogens is 360 g/mol. The minimum absolute atomic E-state index is 0.0999. The van der Waals surface area contributed by atoms with Gasteiger partial charge in [-0.25, -0.2) is 0 Å². The predicted molar refractivity (Wildman–Crippen MR) is 103 cm³/mol. The van der Waals surface area contributed by atoms with Crippen LogP contribution < -0.4 is 26.8 Å². The number of amides is 3. The Morgan fingerprint density at radius 2 is 1.96 bits per heavy atom. The van der Waals surface area contributed by atoms with Crippen LogP contribution in [0.1, 0.15) is 22.5 Å². The van der Waals surface area contributed by atoms with Gasteiger partial charge in [-0.3, -0.25) is 30.2 Å². The van der Waals surface area contributed by atoms with Gasteiger partial charge in [-0.15, -0.1) is 0 Å². The van der Waals surface area contributed by atoms with E-state index in [0.29, 0.717) is 24.3 Å². The molecule has 1 aliphatic heterocycles. The summed E-state index contributed by atoms with van der Waals surface area (Å²) in [6.07, 6.45) is 2.53. The molecule has 0 bridgehead atoms. The van der Waals surface area contributed by atoms with E-state index in [1.807, 2.05) is 12.1 Å². The van der Waals surface area contributed by atoms with Crippen molar-refractivity contribution in [3.8, 4) is 0 Å². The van der Waals surface area contributed by atoms with Crippen molar-refractivity contribution in [1.82, 2.24) is 26.5 Å². The molecule has 1 aromatic carbocycles. The fourth-order valence-corrected chi connectivity index (χ4v) is 2.69. The van der Waals surface area contributed by atoms with Crippen LogP contribution in [0.25, 0.3) is 0 Å². The van der Waals surface area contributed by atoms with Crippen LogP contribution >= 0.6 is 0 Å². The van der Waals surface area contributed by atoms with E-state index < -0.39 is 11.8 Å². The molecule has 146 valence electrons. The van der Waals surface area contributed by atoms with Crippen LogP contribution in [0.4, 0.5) is 5.69 Å². The number of nitrogens with one attached hydrogen (secondary N) is 5. The van der Waals surface area contributed by atoms with Crippen molar-refractivity contribution in [2.75, 3.05) is 18.4 Å². The fraction of sp³-hybridized carbons (Fsp3) is 0.263. The monoisotopic (exact) mass is 382 g/mol. The van der Waals surface area contributed by atoms with Crippen LogP contribution in [0.5, 0.6) is 0 Å². The van der Waals surface area contributed by atoms with Crippen molar-refractivity contribution in [1.29, 1.82) is 0 Å². The Balaban J connectivity index is 1.51. The number of carbonyl (C=O) groups excluding carboxylic acids is 3. The maximum atomic E-state index is 12.3. The average Bonchev–Trinajstić information content (AvgIpc) is 3.25. The van der Waals surface area contributed by atoms with Crippen molar-refractivity contribution in [3.63, 3.8) is 0 Å². The van der Waals surface area contributed by atoms with Gasteiger partial charge in [0.25, 0.3) is 5.91 Å². The molecule has 3 amide bonds. The number of hydrogen-bond donors (Lipinski definition) is 5. The minimum Gasteiger partial charge on any atom is -0.346 e. The van der Waals surface area contributed by atoms with Gasteiger partial charge in [0.1, 0.15) is 0 Å². The molecule has 0 saturated carbocycles. The summed E-state index contributed by atoms with van der Waals surface area (Å²) in [7, 11) is 0. The van der Waals surface area contributed by atoms with Gasteiger partial charge in [0.05, 0.1) is 12.2 Å². The molecule has 1 unspecified atom stereocenters. The van der Waals surface area contributed by atoms with Gasteiger partial charge < -0.3 is 16.0 Å². The predicted octanol–water partition coefficient (Wildman–Crippen LogP) is -0.0672. The molecule has 2 heterocycles. The first-order valence-corrected chi connectivity index (χ1v) is 8.97. The number of rotatable bonds is 6. The van der Waals surface area contributed by atoms with Crippen LogP contribution in [-0.2, 0) is 16.1 Å². The summed E-state index contributed by atoms with van der Waals surface area (Å²) in [4.78, 5) is 40.4. The Morgan fingerprint density at radius 3 is 2.71 bits per heavy atom. The van der Waals surface area contributed by atoms with E-state index in [1.54, 1.807) is 30.5 Å². The lowest BCUT2D eigenvalue weighted by molar-refractivity contribution is -0.136. The Hall–Kier alpha value is -3.30. The number of hydrogen-bond acceptors (Lipinski definition) is 6. The van der Waals surface area contributed by atoms with E-state index in [-0.39, 0.29) is 11.9 Å². The highest BCUT2D eigenvalue weighted by molar-refractivity contribution is 6.39. The molecule has 1 aliphatic rings. The van der Waals surface area contributed by atoms with Crippen LogP contribution in [0, 0.1) is 0 Å². The number of anilines is 1. The second kappa shape index (κ2) is 9.58.